The minimum Gasteiger partial charge on any atom is -0.507 e. The molecule has 0 heterocycles. The number of benzene rings is 2. The Morgan fingerprint density at radius 1 is 1.12 bits per heavy atom. The van der Waals surface area contributed by atoms with E-state index in [1.54, 1.807) is 12.1 Å². The molecule has 0 spiro atoms. The van der Waals surface area contributed by atoms with E-state index >= 15 is 0 Å². The van der Waals surface area contributed by atoms with Crippen LogP contribution >= 0.6 is 0 Å². The first-order valence-corrected chi connectivity index (χ1v) is 5.20. The molecule has 0 atom stereocenters. The molecule has 0 saturated carbocycles. The number of phenols is 1. The van der Waals surface area contributed by atoms with E-state index in [0.717, 1.165) is 5.56 Å². The summed E-state index contributed by atoms with van der Waals surface area (Å²) in [7, 11) is 0. The molecule has 0 aliphatic heterocycles. The summed E-state index contributed by atoms with van der Waals surface area (Å²) in [5.41, 5.74) is 2.74. The lowest BCUT2D eigenvalue weighted by Gasteiger charge is -2.08. The molecule has 0 saturated heterocycles. The second kappa shape index (κ2) is 4.54. The van der Waals surface area contributed by atoms with Crippen molar-refractivity contribution in [3.05, 3.63) is 71.8 Å². The molecule has 0 aliphatic carbocycles. The van der Waals surface area contributed by atoms with Gasteiger partial charge in [0.15, 0.2) is 0 Å². The van der Waals surface area contributed by atoms with Crippen LogP contribution in [0, 0.1) is 11.3 Å². The standard InChI is InChI=1S/C15H11NO/c1-11(13-5-3-2-4-6-13)14-9-12(10-16)7-8-15(14)17/h2-9,17H,1H2. The lowest BCUT2D eigenvalue weighted by atomic mass is 9.97. The van der Waals surface area contributed by atoms with E-state index in [4.69, 9.17) is 5.26 Å². The third-order valence-corrected chi connectivity index (χ3v) is 2.57. The smallest absolute Gasteiger partial charge is 0.123 e. The van der Waals surface area contributed by atoms with Gasteiger partial charge in [-0.3, -0.25) is 0 Å². The molecular formula is C15H11NO. The number of aromatic hydroxyl groups is 1. The van der Waals surface area contributed by atoms with Gasteiger partial charge in [-0.1, -0.05) is 36.9 Å². The average Bonchev–Trinajstić information content (AvgIpc) is 2.39. The van der Waals surface area contributed by atoms with E-state index in [9.17, 15) is 5.11 Å². The van der Waals surface area contributed by atoms with Crippen LogP contribution in [0.4, 0.5) is 0 Å². The van der Waals surface area contributed by atoms with E-state index in [0.29, 0.717) is 16.7 Å². The van der Waals surface area contributed by atoms with E-state index < -0.39 is 0 Å². The lowest BCUT2D eigenvalue weighted by Crippen LogP contribution is -1.88. The van der Waals surface area contributed by atoms with Crippen molar-refractivity contribution in [1.82, 2.24) is 0 Å². The van der Waals surface area contributed by atoms with Crippen LogP contribution in [0.15, 0.2) is 55.1 Å². The Labute approximate surface area is 100 Å². The first-order chi connectivity index (χ1) is 8.22. The largest absolute Gasteiger partial charge is 0.507 e. The van der Waals surface area contributed by atoms with Crippen molar-refractivity contribution in [3.63, 3.8) is 0 Å². The lowest BCUT2D eigenvalue weighted by molar-refractivity contribution is 0.473. The summed E-state index contributed by atoms with van der Waals surface area (Å²) in [5.74, 6) is 0.137. The Morgan fingerprint density at radius 2 is 1.82 bits per heavy atom. The summed E-state index contributed by atoms with van der Waals surface area (Å²) in [6.07, 6.45) is 0. The minimum absolute atomic E-state index is 0.137. The molecule has 2 aromatic carbocycles. The summed E-state index contributed by atoms with van der Waals surface area (Å²) in [6, 6.07) is 16.4. The van der Waals surface area contributed by atoms with Gasteiger partial charge in [-0.15, -0.1) is 0 Å². The highest BCUT2D eigenvalue weighted by Gasteiger charge is 2.08. The minimum atomic E-state index is 0.137. The Kier molecular flexibility index (Phi) is 2.93. The van der Waals surface area contributed by atoms with Crippen molar-refractivity contribution >= 4 is 5.57 Å². The molecule has 1 N–H and O–H groups in total. The molecule has 2 rings (SSSR count). The van der Waals surface area contributed by atoms with Crippen LogP contribution < -0.4 is 0 Å². The Balaban J connectivity index is 2.48. The SMILES string of the molecule is C=C(c1ccccc1)c1cc(C#N)ccc1O. The molecule has 2 aromatic rings. The number of nitrogens with zero attached hydrogens (tertiary/aromatic N) is 1. The van der Waals surface area contributed by atoms with Crippen LogP contribution in [0.5, 0.6) is 5.75 Å². The van der Waals surface area contributed by atoms with Gasteiger partial charge in [-0.05, 0) is 29.3 Å². The van der Waals surface area contributed by atoms with E-state index in [1.807, 2.05) is 36.4 Å². The van der Waals surface area contributed by atoms with Gasteiger partial charge in [0.1, 0.15) is 5.75 Å². The molecule has 0 radical (unpaired) electrons. The maximum Gasteiger partial charge on any atom is 0.123 e. The van der Waals surface area contributed by atoms with E-state index in [1.165, 1.54) is 6.07 Å². The zero-order valence-corrected chi connectivity index (χ0v) is 9.22. The number of rotatable bonds is 2. The van der Waals surface area contributed by atoms with Crippen molar-refractivity contribution in [2.75, 3.05) is 0 Å². The van der Waals surface area contributed by atoms with Gasteiger partial charge in [0.2, 0.25) is 0 Å². The second-order valence-corrected chi connectivity index (χ2v) is 3.69. The van der Waals surface area contributed by atoms with Crippen molar-refractivity contribution in [2.45, 2.75) is 0 Å². The van der Waals surface area contributed by atoms with Gasteiger partial charge in [0, 0.05) is 5.56 Å². The first kappa shape index (κ1) is 11.0. The zero-order valence-electron chi connectivity index (χ0n) is 9.22. The number of hydrogen-bond acceptors (Lipinski definition) is 2. The van der Waals surface area contributed by atoms with Gasteiger partial charge < -0.3 is 5.11 Å². The Morgan fingerprint density at radius 3 is 2.47 bits per heavy atom. The normalized spacial score (nSPS) is 9.59. The van der Waals surface area contributed by atoms with Gasteiger partial charge in [-0.2, -0.15) is 5.26 Å². The third kappa shape index (κ3) is 2.19. The maximum absolute atomic E-state index is 9.79. The van der Waals surface area contributed by atoms with Gasteiger partial charge in [-0.25, -0.2) is 0 Å². The molecule has 0 amide bonds. The molecule has 0 aliphatic rings. The fourth-order valence-electron chi connectivity index (χ4n) is 1.64. The quantitative estimate of drug-likeness (QED) is 0.845. The summed E-state index contributed by atoms with van der Waals surface area (Å²) < 4.78 is 0. The monoisotopic (exact) mass is 221 g/mol. The van der Waals surface area contributed by atoms with Crippen LogP contribution in [-0.2, 0) is 0 Å². The predicted molar refractivity (Wildman–Crippen MR) is 67.4 cm³/mol. The van der Waals surface area contributed by atoms with Crippen molar-refractivity contribution in [2.24, 2.45) is 0 Å². The highest BCUT2D eigenvalue weighted by Crippen LogP contribution is 2.29. The highest BCUT2D eigenvalue weighted by atomic mass is 16.3. The molecule has 0 unspecified atom stereocenters. The van der Waals surface area contributed by atoms with E-state index in [2.05, 4.69) is 6.58 Å². The molecule has 0 fully saturated rings. The summed E-state index contributed by atoms with van der Waals surface area (Å²) >= 11 is 0. The van der Waals surface area contributed by atoms with Crippen LogP contribution in [0.2, 0.25) is 0 Å². The molecule has 0 aromatic heterocycles. The van der Waals surface area contributed by atoms with E-state index in [-0.39, 0.29) is 5.75 Å². The highest BCUT2D eigenvalue weighted by molar-refractivity contribution is 5.81. The number of hydrogen-bond donors (Lipinski definition) is 1. The molecule has 82 valence electrons. The third-order valence-electron chi connectivity index (χ3n) is 2.57. The molecule has 2 nitrogen and oxygen atoms in total. The van der Waals surface area contributed by atoms with Crippen LogP contribution in [0.25, 0.3) is 5.57 Å². The zero-order chi connectivity index (χ0) is 12.3. The molecular weight excluding hydrogens is 210 g/mol. The maximum atomic E-state index is 9.79. The van der Waals surface area contributed by atoms with Gasteiger partial charge in [0.05, 0.1) is 11.6 Å². The summed E-state index contributed by atoms with van der Waals surface area (Å²) in [6.45, 7) is 3.96. The van der Waals surface area contributed by atoms with Crippen LogP contribution in [0.3, 0.4) is 0 Å². The van der Waals surface area contributed by atoms with Crippen molar-refractivity contribution in [1.29, 1.82) is 5.26 Å². The molecule has 2 heteroatoms. The number of nitriles is 1. The average molecular weight is 221 g/mol. The van der Waals surface area contributed by atoms with Crippen LogP contribution in [-0.4, -0.2) is 5.11 Å². The first-order valence-electron chi connectivity index (χ1n) is 5.20. The Hall–Kier alpha value is -2.53. The second-order valence-electron chi connectivity index (χ2n) is 3.69. The summed E-state index contributed by atoms with van der Waals surface area (Å²) in [5, 5.41) is 18.6. The molecule has 0 bridgehead atoms. The van der Waals surface area contributed by atoms with Crippen molar-refractivity contribution in [3.8, 4) is 11.8 Å². The summed E-state index contributed by atoms with van der Waals surface area (Å²) in [4.78, 5) is 0. The van der Waals surface area contributed by atoms with Crippen LogP contribution in [0.1, 0.15) is 16.7 Å². The fourth-order valence-corrected chi connectivity index (χ4v) is 1.64. The molecule has 17 heavy (non-hydrogen) atoms. The van der Waals surface area contributed by atoms with Crippen molar-refractivity contribution < 1.29 is 5.11 Å². The predicted octanol–water partition coefficient (Wildman–Crippen LogP) is 3.33. The fraction of sp³-hybridized carbons (Fsp3) is 0. The van der Waals surface area contributed by atoms with Gasteiger partial charge >= 0.3 is 0 Å². The number of phenolic OH excluding ortho intramolecular Hbond substituents is 1. The van der Waals surface area contributed by atoms with Gasteiger partial charge in [0.25, 0.3) is 0 Å². The Bertz CT molecular complexity index is 594. The topological polar surface area (TPSA) is 44.0 Å².